The van der Waals surface area contributed by atoms with Crippen molar-refractivity contribution in [2.24, 2.45) is 0 Å². The molecule has 0 bridgehead atoms. The van der Waals surface area contributed by atoms with Gasteiger partial charge in [0.25, 0.3) is 0 Å². The predicted octanol–water partition coefficient (Wildman–Crippen LogP) is 2.22. The Hall–Kier alpha value is -2.39. The number of carbonyl (C=O) groups is 1. The second kappa shape index (κ2) is 8.10. The minimum Gasteiger partial charge on any atom is -0.335 e. The second-order valence-corrected chi connectivity index (χ2v) is 8.10. The Morgan fingerprint density at radius 2 is 1.85 bits per heavy atom. The van der Waals surface area contributed by atoms with E-state index in [9.17, 15) is 22.0 Å². The first-order valence-electron chi connectivity index (χ1n) is 8.50. The average molecular weight is 395 g/mol. The Kier molecular flexibility index (Phi) is 5.81. The van der Waals surface area contributed by atoms with Gasteiger partial charge in [0.05, 0.1) is 4.90 Å². The lowest BCUT2D eigenvalue weighted by Gasteiger charge is -2.22. The van der Waals surface area contributed by atoms with Crippen molar-refractivity contribution in [1.82, 2.24) is 14.6 Å². The van der Waals surface area contributed by atoms with E-state index in [-0.39, 0.29) is 29.8 Å². The highest BCUT2D eigenvalue weighted by Gasteiger charge is 2.32. The molecule has 0 saturated heterocycles. The fourth-order valence-corrected chi connectivity index (χ4v) is 3.70. The largest absolute Gasteiger partial charge is 0.335 e. The minimum absolute atomic E-state index is 0.0233. The molecule has 0 atom stereocenters. The van der Waals surface area contributed by atoms with Crippen molar-refractivity contribution >= 4 is 15.9 Å². The van der Waals surface area contributed by atoms with Crippen LogP contribution in [0.4, 0.5) is 8.78 Å². The highest BCUT2D eigenvalue weighted by Crippen LogP contribution is 2.28. The number of nitrogens with one attached hydrogen (secondary N) is 1. The van der Waals surface area contributed by atoms with Crippen LogP contribution in [0.5, 0.6) is 0 Å². The van der Waals surface area contributed by atoms with Crippen molar-refractivity contribution in [2.75, 3.05) is 6.54 Å². The molecule has 3 rings (SSSR count). The van der Waals surface area contributed by atoms with Gasteiger partial charge in [-0.15, -0.1) is 0 Å². The topological polar surface area (TPSA) is 79.4 Å². The van der Waals surface area contributed by atoms with E-state index in [0.717, 1.165) is 30.5 Å². The molecular weight excluding hydrogens is 376 g/mol. The first-order chi connectivity index (χ1) is 12.9. The molecule has 1 aliphatic rings. The molecule has 2 aromatic rings. The number of sulfonamides is 1. The third-order valence-electron chi connectivity index (χ3n) is 4.24. The molecule has 27 heavy (non-hydrogen) atoms. The SMILES string of the molecule is O=C(CCNS(=O)(=O)c1ccc(F)c(F)c1)N(Cc1ccncc1)C1CC1. The molecule has 1 aliphatic carbocycles. The number of amides is 1. The first kappa shape index (κ1) is 19.4. The van der Waals surface area contributed by atoms with E-state index in [1.807, 2.05) is 12.1 Å². The van der Waals surface area contributed by atoms with Crippen LogP contribution in [-0.2, 0) is 21.4 Å². The number of rotatable bonds is 8. The summed E-state index contributed by atoms with van der Waals surface area (Å²) in [6, 6.07) is 6.16. The molecule has 1 heterocycles. The van der Waals surface area contributed by atoms with Crippen LogP contribution < -0.4 is 4.72 Å². The lowest BCUT2D eigenvalue weighted by atomic mass is 10.2. The van der Waals surface area contributed by atoms with Crippen molar-refractivity contribution in [2.45, 2.75) is 36.7 Å². The molecule has 0 aliphatic heterocycles. The number of hydrogen-bond acceptors (Lipinski definition) is 4. The number of nitrogens with zero attached hydrogens (tertiary/aromatic N) is 2. The van der Waals surface area contributed by atoms with Gasteiger partial charge in [0.1, 0.15) is 0 Å². The van der Waals surface area contributed by atoms with Crippen LogP contribution in [0.2, 0.25) is 0 Å². The summed E-state index contributed by atoms with van der Waals surface area (Å²) in [6.07, 6.45) is 5.14. The molecule has 1 saturated carbocycles. The van der Waals surface area contributed by atoms with Gasteiger partial charge >= 0.3 is 0 Å². The van der Waals surface area contributed by atoms with Crippen LogP contribution in [0.25, 0.3) is 0 Å². The molecular formula is C18H19F2N3O3S. The molecule has 0 unspecified atom stereocenters. The third-order valence-corrected chi connectivity index (χ3v) is 5.70. The van der Waals surface area contributed by atoms with Gasteiger partial charge < -0.3 is 4.90 Å². The van der Waals surface area contributed by atoms with Crippen molar-refractivity contribution in [1.29, 1.82) is 0 Å². The number of benzene rings is 1. The summed E-state index contributed by atoms with van der Waals surface area (Å²) in [5.41, 5.74) is 0.951. The number of carbonyl (C=O) groups excluding carboxylic acids is 1. The van der Waals surface area contributed by atoms with Crippen molar-refractivity contribution in [3.05, 3.63) is 59.9 Å². The maximum absolute atomic E-state index is 13.2. The zero-order chi connectivity index (χ0) is 19.4. The first-order valence-corrected chi connectivity index (χ1v) is 9.98. The van der Waals surface area contributed by atoms with Crippen molar-refractivity contribution in [3.63, 3.8) is 0 Å². The molecule has 0 radical (unpaired) electrons. The maximum Gasteiger partial charge on any atom is 0.240 e. The summed E-state index contributed by atoms with van der Waals surface area (Å²) in [4.78, 5) is 17.8. The summed E-state index contributed by atoms with van der Waals surface area (Å²) < 4.78 is 52.7. The highest BCUT2D eigenvalue weighted by atomic mass is 32.2. The predicted molar refractivity (Wildman–Crippen MR) is 94.0 cm³/mol. The van der Waals surface area contributed by atoms with Gasteiger partial charge in [-0.05, 0) is 48.7 Å². The summed E-state index contributed by atoms with van der Waals surface area (Å²) in [7, 11) is -4.02. The monoisotopic (exact) mass is 395 g/mol. The lowest BCUT2D eigenvalue weighted by molar-refractivity contribution is -0.132. The number of aromatic nitrogens is 1. The molecule has 144 valence electrons. The van der Waals surface area contributed by atoms with Gasteiger partial charge in [0.2, 0.25) is 15.9 Å². The molecule has 1 N–H and O–H groups in total. The maximum atomic E-state index is 13.2. The van der Waals surface area contributed by atoms with Gasteiger partial charge in [-0.25, -0.2) is 21.9 Å². The Morgan fingerprint density at radius 3 is 2.48 bits per heavy atom. The van der Waals surface area contributed by atoms with Gasteiger partial charge in [0.15, 0.2) is 11.6 Å². The fraction of sp³-hybridized carbons (Fsp3) is 0.333. The molecule has 9 heteroatoms. The summed E-state index contributed by atoms with van der Waals surface area (Å²) >= 11 is 0. The van der Waals surface area contributed by atoms with E-state index in [2.05, 4.69) is 9.71 Å². The third kappa shape index (κ3) is 5.08. The highest BCUT2D eigenvalue weighted by molar-refractivity contribution is 7.89. The van der Waals surface area contributed by atoms with Crippen LogP contribution >= 0.6 is 0 Å². The smallest absolute Gasteiger partial charge is 0.240 e. The van der Waals surface area contributed by atoms with Gasteiger partial charge in [0, 0.05) is 37.9 Å². The minimum atomic E-state index is -4.02. The van der Waals surface area contributed by atoms with Crippen molar-refractivity contribution in [3.8, 4) is 0 Å². The summed E-state index contributed by atoms with van der Waals surface area (Å²) in [5.74, 6) is -2.53. The van der Waals surface area contributed by atoms with Crippen LogP contribution in [0.15, 0.2) is 47.6 Å². The van der Waals surface area contributed by atoms with Gasteiger partial charge in [-0.1, -0.05) is 0 Å². The standard InChI is InChI=1S/C18H19F2N3O3S/c19-16-4-3-15(11-17(16)20)27(25,26)22-10-7-18(24)23(14-1-2-14)12-13-5-8-21-9-6-13/h3-6,8-9,11,14,22H,1-2,7,10,12H2. The fourth-order valence-electron chi connectivity index (χ4n) is 2.66. The molecule has 1 aromatic carbocycles. The summed E-state index contributed by atoms with van der Waals surface area (Å²) in [6.45, 7) is 0.321. The lowest BCUT2D eigenvalue weighted by Crippen LogP contribution is -2.35. The zero-order valence-electron chi connectivity index (χ0n) is 14.4. The van der Waals surface area contributed by atoms with Crippen LogP contribution in [0.1, 0.15) is 24.8 Å². The van der Waals surface area contributed by atoms with Crippen LogP contribution in [0, 0.1) is 11.6 Å². The van der Waals surface area contributed by atoms with E-state index in [4.69, 9.17) is 0 Å². The van der Waals surface area contributed by atoms with Gasteiger partial charge in [-0.3, -0.25) is 9.78 Å². The molecule has 0 spiro atoms. The van der Waals surface area contributed by atoms with Crippen molar-refractivity contribution < 1.29 is 22.0 Å². The Labute approximate surface area is 156 Å². The summed E-state index contributed by atoms with van der Waals surface area (Å²) in [5, 5.41) is 0. The van der Waals surface area contributed by atoms with Crippen LogP contribution in [-0.4, -0.2) is 36.8 Å². The van der Waals surface area contributed by atoms with E-state index in [1.165, 1.54) is 0 Å². The zero-order valence-corrected chi connectivity index (χ0v) is 15.3. The molecule has 6 nitrogen and oxygen atoms in total. The normalized spacial score (nSPS) is 14.1. The van der Waals surface area contributed by atoms with E-state index >= 15 is 0 Å². The molecule has 1 amide bonds. The van der Waals surface area contributed by atoms with Crippen LogP contribution in [0.3, 0.4) is 0 Å². The molecule has 1 aromatic heterocycles. The Bertz CT molecular complexity index is 919. The average Bonchev–Trinajstić information content (AvgIpc) is 3.47. The Balaban J connectivity index is 1.58. The number of halogens is 2. The van der Waals surface area contributed by atoms with E-state index in [1.54, 1.807) is 17.3 Å². The number of pyridine rings is 1. The van der Waals surface area contributed by atoms with E-state index < -0.39 is 21.7 Å². The molecule has 1 fully saturated rings. The Morgan fingerprint density at radius 1 is 1.15 bits per heavy atom. The van der Waals surface area contributed by atoms with Gasteiger partial charge in [-0.2, -0.15) is 0 Å². The van der Waals surface area contributed by atoms with E-state index in [0.29, 0.717) is 12.6 Å². The number of hydrogen-bond donors (Lipinski definition) is 1. The second-order valence-electron chi connectivity index (χ2n) is 6.33. The quantitative estimate of drug-likeness (QED) is 0.743.